The lowest BCUT2D eigenvalue weighted by atomic mass is 10.1. The number of likely N-dealkylation sites (tertiary alicyclic amines) is 1. The van der Waals surface area contributed by atoms with E-state index in [1.165, 1.54) is 0 Å². The van der Waals surface area contributed by atoms with Crippen molar-refractivity contribution < 1.29 is 4.74 Å². The predicted molar refractivity (Wildman–Crippen MR) is 68.1 cm³/mol. The molecule has 0 atom stereocenters. The van der Waals surface area contributed by atoms with Crippen molar-refractivity contribution in [3.05, 3.63) is 24.0 Å². The summed E-state index contributed by atoms with van der Waals surface area (Å²) in [5, 5.41) is 3.14. The van der Waals surface area contributed by atoms with Gasteiger partial charge in [-0.1, -0.05) is 0 Å². The summed E-state index contributed by atoms with van der Waals surface area (Å²) in [4.78, 5) is 6.49. The standard InChI is InChI=1S/C13H21N3O/c1-14-9-11-10-15-6-3-13(11)17-12-4-7-16(2)8-5-12/h3,6,10,12,14H,4-5,7-9H2,1-2H3. The maximum atomic E-state index is 6.08. The Kier molecular flexibility index (Phi) is 4.34. The highest BCUT2D eigenvalue weighted by Crippen LogP contribution is 2.21. The summed E-state index contributed by atoms with van der Waals surface area (Å²) < 4.78 is 6.08. The van der Waals surface area contributed by atoms with Crippen molar-refractivity contribution >= 4 is 0 Å². The molecular weight excluding hydrogens is 214 g/mol. The van der Waals surface area contributed by atoms with Gasteiger partial charge < -0.3 is 15.0 Å². The van der Waals surface area contributed by atoms with Crippen LogP contribution >= 0.6 is 0 Å². The van der Waals surface area contributed by atoms with Crippen LogP contribution in [0.1, 0.15) is 18.4 Å². The van der Waals surface area contributed by atoms with Gasteiger partial charge >= 0.3 is 0 Å². The predicted octanol–water partition coefficient (Wildman–Crippen LogP) is 1.27. The van der Waals surface area contributed by atoms with E-state index in [1.54, 1.807) is 6.20 Å². The number of nitrogens with zero attached hydrogens (tertiary/aromatic N) is 2. The first kappa shape index (κ1) is 12.3. The lowest BCUT2D eigenvalue weighted by Gasteiger charge is -2.29. The molecule has 1 aromatic heterocycles. The molecule has 1 aliphatic rings. The van der Waals surface area contributed by atoms with Crippen molar-refractivity contribution in [1.82, 2.24) is 15.2 Å². The number of piperidine rings is 1. The Morgan fingerprint density at radius 3 is 2.94 bits per heavy atom. The molecule has 0 saturated carbocycles. The van der Waals surface area contributed by atoms with E-state index in [-0.39, 0.29) is 0 Å². The third kappa shape index (κ3) is 3.41. The van der Waals surface area contributed by atoms with E-state index >= 15 is 0 Å². The van der Waals surface area contributed by atoms with Gasteiger partial charge in [0, 0.05) is 37.6 Å². The summed E-state index contributed by atoms with van der Waals surface area (Å²) in [6, 6.07) is 1.96. The van der Waals surface area contributed by atoms with Gasteiger partial charge in [0.15, 0.2) is 0 Å². The molecule has 0 bridgehead atoms. The molecule has 2 heterocycles. The zero-order valence-corrected chi connectivity index (χ0v) is 10.6. The summed E-state index contributed by atoms with van der Waals surface area (Å²) in [5.41, 5.74) is 1.13. The van der Waals surface area contributed by atoms with Crippen LogP contribution in [0.15, 0.2) is 18.5 Å². The Balaban J connectivity index is 1.98. The van der Waals surface area contributed by atoms with Crippen LogP contribution in [-0.2, 0) is 6.54 Å². The second-order valence-electron chi connectivity index (χ2n) is 4.63. The van der Waals surface area contributed by atoms with Gasteiger partial charge in [-0.05, 0) is 33.0 Å². The van der Waals surface area contributed by atoms with Crippen LogP contribution in [0, 0.1) is 0 Å². The molecule has 1 saturated heterocycles. The molecule has 1 N–H and O–H groups in total. The number of rotatable bonds is 4. The van der Waals surface area contributed by atoms with Crippen LogP contribution in [0.2, 0.25) is 0 Å². The molecule has 17 heavy (non-hydrogen) atoms. The first-order chi connectivity index (χ1) is 8.29. The maximum Gasteiger partial charge on any atom is 0.127 e. The van der Waals surface area contributed by atoms with Gasteiger partial charge in [-0.15, -0.1) is 0 Å². The fourth-order valence-corrected chi connectivity index (χ4v) is 2.13. The molecule has 4 nitrogen and oxygen atoms in total. The normalized spacial score (nSPS) is 18.2. The second kappa shape index (κ2) is 5.98. The van der Waals surface area contributed by atoms with Crippen molar-refractivity contribution in [2.45, 2.75) is 25.5 Å². The quantitative estimate of drug-likeness (QED) is 0.853. The number of hydrogen-bond acceptors (Lipinski definition) is 4. The maximum absolute atomic E-state index is 6.08. The van der Waals surface area contributed by atoms with Gasteiger partial charge in [0.25, 0.3) is 0 Å². The first-order valence-corrected chi connectivity index (χ1v) is 6.22. The van der Waals surface area contributed by atoms with Gasteiger partial charge in [-0.25, -0.2) is 0 Å². The topological polar surface area (TPSA) is 37.4 Å². The molecule has 1 aromatic rings. The zero-order valence-electron chi connectivity index (χ0n) is 10.6. The van der Waals surface area contributed by atoms with Crippen LogP contribution in [0.25, 0.3) is 0 Å². The molecule has 0 unspecified atom stereocenters. The Bertz CT molecular complexity index is 348. The van der Waals surface area contributed by atoms with E-state index in [4.69, 9.17) is 4.74 Å². The van der Waals surface area contributed by atoms with E-state index in [1.807, 2.05) is 19.3 Å². The van der Waals surface area contributed by atoms with E-state index in [9.17, 15) is 0 Å². The third-order valence-corrected chi connectivity index (χ3v) is 3.19. The minimum Gasteiger partial charge on any atom is -0.490 e. The number of aromatic nitrogens is 1. The molecule has 0 spiro atoms. The van der Waals surface area contributed by atoms with Crippen LogP contribution in [0.3, 0.4) is 0 Å². The molecule has 4 heteroatoms. The van der Waals surface area contributed by atoms with Crippen LogP contribution in [-0.4, -0.2) is 43.2 Å². The zero-order chi connectivity index (χ0) is 12.1. The first-order valence-electron chi connectivity index (χ1n) is 6.22. The summed E-state index contributed by atoms with van der Waals surface area (Å²) in [6.45, 7) is 3.05. The SMILES string of the molecule is CNCc1cnccc1OC1CCN(C)CC1. The van der Waals surface area contributed by atoms with E-state index in [0.29, 0.717) is 6.10 Å². The van der Waals surface area contributed by atoms with Gasteiger partial charge in [-0.2, -0.15) is 0 Å². The van der Waals surface area contributed by atoms with Gasteiger partial charge in [0.2, 0.25) is 0 Å². The lowest BCUT2D eigenvalue weighted by molar-refractivity contribution is 0.113. The molecule has 2 rings (SSSR count). The van der Waals surface area contributed by atoms with E-state index in [0.717, 1.165) is 43.8 Å². The largest absolute Gasteiger partial charge is 0.490 e. The number of ether oxygens (including phenoxy) is 1. The van der Waals surface area contributed by atoms with Gasteiger partial charge in [-0.3, -0.25) is 4.98 Å². The van der Waals surface area contributed by atoms with Crippen LogP contribution in [0.5, 0.6) is 5.75 Å². The average molecular weight is 235 g/mol. The molecule has 0 aliphatic carbocycles. The van der Waals surface area contributed by atoms with E-state index in [2.05, 4.69) is 22.2 Å². The number of nitrogens with one attached hydrogen (secondary N) is 1. The summed E-state index contributed by atoms with van der Waals surface area (Å²) in [5.74, 6) is 0.976. The van der Waals surface area contributed by atoms with Gasteiger partial charge in [0.05, 0.1) is 0 Å². The fraction of sp³-hybridized carbons (Fsp3) is 0.615. The molecule has 0 radical (unpaired) electrons. The van der Waals surface area contributed by atoms with Crippen LogP contribution < -0.4 is 10.1 Å². The molecular formula is C13H21N3O. The Morgan fingerprint density at radius 1 is 1.47 bits per heavy atom. The Labute approximate surface area is 103 Å². The monoisotopic (exact) mass is 235 g/mol. The van der Waals surface area contributed by atoms with Crippen molar-refractivity contribution in [1.29, 1.82) is 0 Å². The minimum absolute atomic E-state index is 0.351. The average Bonchev–Trinajstić information content (AvgIpc) is 2.35. The summed E-state index contributed by atoms with van der Waals surface area (Å²) in [6.07, 6.45) is 6.24. The molecule has 1 fully saturated rings. The highest BCUT2D eigenvalue weighted by atomic mass is 16.5. The smallest absolute Gasteiger partial charge is 0.127 e. The number of pyridine rings is 1. The third-order valence-electron chi connectivity index (χ3n) is 3.19. The summed E-state index contributed by atoms with van der Waals surface area (Å²) in [7, 11) is 4.10. The lowest BCUT2D eigenvalue weighted by Crippen LogP contribution is -2.35. The van der Waals surface area contributed by atoms with Crippen molar-refractivity contribution in [3.8, 4) is 5.75 Å². The Hall–Kier alpha value is -1.13. The molecule has 1 aliphatic heterocycles. The second-order valence-corrected chi connectivity index (χ2v) is 4.63. The highest BCUT2D eigenvalue weighted by Gasteiger charge is 2.18. The fourth-order valence-electron chi connectivity index (χ4n) is 2.13. The molecule has 94 valence electrons. The van der Waals surface area contributed by atoms with Crippen molar-refractivity contribution in [2.75, 3.05) is 27.2 Å². The number of hydrogen-bond donors (Lipinski definition) is 1. The van der Waals surface area contributed by atoms with Crippen molar-refractivity contribution in [2.24, 2.45) is 0 Å². The van der Waals surface area contributed by atoms with E-state index < -0.39 is 0 Å². The molecule has 0 amide bonds. The summed E-state index contributed by atoms with van der Waals surface area (Å²) >= 11 is 0. The van der Waals surface area contributed by atoms with Crippen molar-refractivity contribution in [3.63, 3.8) is 0 Å². The molecule has 0 aromatic carbocycles. The van der Waals surface area contributed by atoms with Crippen LogP contribution in [0.4, 0.5) is 0 Å². The Morgan fingerprint density at radius 2 is 2.24 bits per heavy atom. The van der Waals surface area contributed by atoms with Gasteiger partial charge in [0.1, 0.15) is 11.9 Å². The minimum atomic E-state index is 0.351. The highest BCUT2D eigenvalue weighted by molar-refractivity contribution is 5.30.